The highest BCUT2D eigenvalue weighted by molar-refractivity contribution is 4.76. The number of nitrogens with one attached hydrogen (secondary N) is 1. The second-order valence-electron chi connectivity index (χ2n) is 4.63. The van der Waals surface area contributed by atoms with E-state index in [0.29, 0.717) is 12.1 Å². The van der Waals surface area contributed by atoms with Gasteiger partial charge in [-0.15, -0.1) is 0 Å². The fourth-order valence-corrected chi connectivity index (χ4v) is 1.83. The van der Waals surface area contributed by atoms with Crippen LogP contribution in [0.25, 0.3) is 0 Å². The molecule has 1 N–H and O–H groups in total. The zero-order chi connectivity index (χ0) is 10.4. The van der Waals surface area contributed by atoms with Crippen LogP contribution >= 0.6 is 0 Å². The van der Waals surface area contributed by atoms with E-state index in [1.54, 1.807) is 7.11 Å². The third kappa shape index (κ3) is 4.97. The van der Waals surface area contributed by atoms with Crippen molar-refractivity contribution in [1.82, 2.24) is 5.32 Å². The van der Waals surface area contributed by atoms with E-state index in [1.807, 2.05) is 0 Å². The normalized spacial score (nSPS) is 20.8. The van der Waals surface area contributed by atoms with Crippen molar-refractivity contribution in [3.8, 4) is 0 Å². The predicted molar refractivity (Wildman–Crippen MR) is 60.5 cm³/mol. The third-order valence-corrected chi connectivity index (χ3v) is 3.35. The Bertz CT molecular complexity index is 145. The van der Waals surface area contributed by atoms with Gasteiger partial charge in [-0.25, -0.2) is 0 Å². The van der Waals surface area contributed by atoms with Crippen LogP contribution < -0.4 is 5.32 Å². The summed E-state index contributed by atoms with van der Waals surface area (Å²) in [5.41, 5.74) is 0. The topological polar surface area (TPSA) is 21.3 Å². The van der Waals surface area contributed by atoms with Crippen LogP contribution in [0.4, 0.5) is 0 Å². The Morgan fingerprint density at radius 2 is 2.00 bits per heavy atom. The third-order valence-electron chi connectivity index (χ3n) is 3.35. The quantitative estimate of drug-likeness (QED) is 0.649. The standard InChI is InChI=1S/C12H25NO/c1-10(14-3)4-8-12(13-2)9-7-11-5-6-11/h10-13H,4-9H2,1-3H3. The first-order chi connectivity index (χ1) is 6.76. The monoisotopic (exact) mass is 199 g/mol. The van der Waals surface area contributed by atoms with Gasteiger partial charge in [-0.05, 0) is 45.6 Å². The van der Waals surface area contributed by atoms with Gasteiger partial charge in [0.15, 0.2) is 0 Å². The minimum absolute atomic E-state index is 0.409. The summed E-state index contributed by atoms with van der Waals surface area (Å²) in [5.74, 6) is 1.06. The van der Waals surface area contributed by atoms with Gasteiger partial charge in [0.05, 0.1) is 6.10 Å². The highest BCUT2D eigenvalue weighted by Crippen LogP contribution is 2.34. The van der Waals surface area contributed by atoms with Crippen LogP contribution in [0.1, 0.15) is 45.4 Å². The van der Waals surface area contributed by atoms with Crippen LogP contribution in [0.5, 0.6) is 0 Å². The zero-order valence-corrected chi connectivity index (χ0v) is 9.88. The molecule has 0 radical (unpaired) electrons. The van der Waals surface area contributed by atoms with Crippen molar-refractivity contribution < 1.29 is 4.74 Å². The Morgan fingerprint density at radius 1 is 1.29 bits per heavy atom. The molecule has 0 aliphatic heterocycles. The summed E-state index contributed by atoms with van der Waals surface area (Å²) in [6, 6.07) is 0.702. The SMILES string of the molecule is CNC(CCC1CC1)CCC(C)OC. The van der Waals surface area contributed by atoms with Gasteiger partial charge in [0.25, 0.3) is 0 Å². The molecule has 1 saturated carbocycles. The number of methoxy groups -OCH3 is 1. The van der Waals surface area contributed by atoms with Crippen molar-refractivity contribution in [2.75, 3.05) is 14.2 Å². The average molecular weight is 199 g/mol. The van der Waals surface area contributed by atoms with Gasteiger partial charge in [0.2, 0.25) is 0 Å². The second-order valence-corrected chi connectivity index (χ2v) is 4.63. The molecule has 0 aromatic heterocycles. The minimum atomic E-state index is 0.409. The van der Waals surface area contributed by atoms with Crippen molar-refractivity contribution in [3.05, 3.63) is 0 Å². The molecular weight excluding hydrogens is 174 g/mol. The number of rotatable bonds is 8. The van der Waals surface area contributed by atoms with Crippen molar-refractivity contribution in [3.63, 3.8) is 0 Å². The first-order valence-corrected chi connectivity index (χ1v) is 5.96. The van der Waals surface area contributed by atoms with Crippen LogP contribution in [0, 0.1) is 5.92 Å². The minimum Gasteiger partial charge on any atom is -0.382 e. The lowest BCUT2D eigenvalue weighted by molar-refractivity contribution is 0.106. The van der Waals surface area contributed by atoms with Crippen molar-refractivity contribution in [2.45, 2.75) is 57.6 Å². The molecule has 0 spiro atoms. The molecule has 2 atom stereocenters. The summed E-state index contributed by atoms with van der Waals surface area (Å²) in [6.07, 6.45) is 8.55. The molecule has 14 heavy (non-hydrogen) atoms. The Morgan fingerprint density at radius 3 is 2.50 bits per heavy atom. The average Bonchev–Trinajstić information content (AvgIpc) is 3.01. The van der Waals surface area contributed by atoms with Crippen molar-refractivity contribution in [1.29, 1.82) is 0 Å². The van der Waals surface area contributed by atoms with E-state index in [2.05, 4.69) is 19.3 Å². The fourth-order valence-electron chi connectivity index (χ4n) is 1.83. The molecule has 0 heterocycles. The maximum absolute atomic E-state index is 5.26. The van der Waals surface area contributed by atoms with E-state index in [4.69, 9.17) is 4.74 Å². The Kier molecular flexibility index (Phi) is 5.49. The molecule has 0 aromatic carbocycles. The summed E-state index contributed by atoms with van der Waals surface area (Å²) < 4.78 is 5.26. The zero-order valence-electron chi connectivity index (χ0n) is 9.88. The summed E-state index contributed by atoms with van der Waals surface area (Å²) in [5, 5.41) is 3.41. The molecule has 0 aromatic rings. The van der Waals surface area contributed by atoms with Crippen LogP contribution in [0.15, 0.2) is 0 Å². The fraction of sp³-hybridized carbons (Fsp3) is 1.00. The van der Waals surface area contributed by atoms with Gasteiger partial charge < -0.3 is 10.1 Å². The van der Waals surface area contributed by atoms with Gasteiger partial charge >= 0.3 is 0 Å². The molecule has 2 unspecified atom stereocenters. The maximum atomic E-state index is 5.26. The number of ether oxygens (including phenoxy) is 1. The molecule has 84 valence electrons. The van der Waals surface area contributed by atoms with Crippen molar-refractivity contribution >= 4 is 0 Å². The maximum Gasteiger partial charge on any atom is 0.0543 e. The van der Waals surface area contributed by atoms with Gasteiger partial charge in [0, 0.05) is 13.2 Å². The molecule has 0 amide bonds. The highest BCUT2D eigenvalue weighted by atomic mass is 16.5. The summed E-state index contributed by atoms with van der Waals surface area (Å²) in [4.78, 5) is 0. The molecule has 1 aliphatic carbocycles. The smallest absolute Gasteiger partial charge is 0.0543 e. The van der Waals surface area contributed by atoms with Crippen LogP contribution in [-0.2, 0) is 4.74 Å². The summed E-state index contributed by atoms with van der Waals surface area (Å²) in [6.45, 7) is 2.15. The molecule has 1 fully saturated rings. The van der Waals surface area contributed by atoms with E-state index in [9.17, 15) is 0 Å². The Hall–Kier alpha value is -0.0800. The molecular formula is C12H25NO. The van der Waals surface area contributed by atoms with E-state index in [1.165, 1.54) is 38.5 Å². The Labute approximate surface area is 88.4 Å². The van der Waals surface area contributed by atoms with E-state index in [0.717, 1.165) is 5.92 Å². The van der Waals surface area contributed by atoms with E-state index in [-0.39, 0.29) is 0 Å². The first-order valence-electron chi connectivity index (χ1n) is 5.96. The second kappa shape index (κ2) is 6.41. The van der Waals surface area contributed by atoms with Gasteiger partial charge in [-0.1, -0.05) is 12.8 Å². The predicted octanol–water partition coefficient (Wildman–Crippen LogP) is 2.58. The molecule has 0 bridgehead atoms. The van der Waals surface area contributed by atoms with Crippen molar-refractivity contribution in [2.24, 2.45) is 5.92 Å². The van der Waals surface area contributed by atoms with Crippen LogP contribution in [0.2, 0.25) is 0 Å². The van der Waals surface area contributed by atoms with Gasteiger partial charge in [0.1, 0.15) is 0 Å². The molecule has 1 rings (SSSR count). The lowest BCUT2D eigenvalue weighted by atomic mass is 10.0. The molecule has 0 saturated heterocycles. The molecule has 2 heteroatoms. The Balaban J connectivity index is 2.03. The largest absolute Gasteiger partial charge is 0.382 e. The summed E-state index contributed by atoms with van der Waals surface area (Å²) >= 11 is 0. The number of hydrogen-bond donors (Lipinski definition) is 1. The lowest BCUT2D eigenvalue weighted by Gasteiger charge is -2.18. The first kappa shape index (κ1) is 12.0. The lowest BCUT2D eigenvalue weighted by Crippen LogP contribution is -2.26. The highest BCUT2D eigenvalue weighted by Gasteiger charge is 2.22. The summed E-state index contributed by atoms with van der Waals surface area (Å²) in [7, 11) is 3.87. The van der Waals surface area contributed by atoms with E-state index < -0.39 is 0 Å². The molecule has 1 aliphatic rings. The molecule has 2 nitrogen and oxygen atoms in total. The van der Waals surface area contributed by atoms with Crippen LogP contribution in [0.3, 0.4) is 0 Å². The van der Waals surface area contributed by atoms with Gasteiger partial charge in [-0.3, -0.25) is 0 Å². The van der Waals surface area contributed by atoms with Gasteiger partial charge in [-0.2, -0.15) is 0 Å². The van der Waals surface area contributed by atoms with E-state index >= 15 is 0 Å². The number of hydrogen-bond acceptors (Lipinski definition) is 2. The van der Waals surface area contributed by atoms with Crippen LogP contribution in [-0.4, -0.2) is 26.3 Å².